The van der Waals surface area contributed by atoms with E-state index in [9.17, 15) is 4.79 Å². The van der Waals surface area contributed by atoms with Crippen molar-refractivity contribution in [3.05, 3.63) is 53.1 Å². The molecule has 1 amide bonds. The van der Waals surface area contributed by atoms with Gasteiger partial charge in [-0.2, -0.15) is 0 Å². The first-order valence-electron chi connectivity index (χ1n) is 6.46. The Bertz CT molecular complexity index is 658. The summed E-state index contributed by atoms with van der Waals surface area (Å²) >= 11 is 5.96. The van der Waals surface area contributed by atoms with Crippen molar-refractivity contribution in [3.8, 4) is 5.75 Å². The highest BCUT2D eigenvalue weighted by Gasteiger charge is 2.14. The van der Waals surface area contributed by atoms with Crippen LogP contribution < -0.4 is 15.4 Å². The van der Waals surface area contributed by atoms with Gasteiger partial charge in [0.2, 0.25) is 5.91 Å². The number of nitrogens with zero attached hydrogens (tertiary/aromatic N) is 1. The van der Waals surface area contributed by atoms with Crippen LogP contribution >= 0.6 is 11.6 Å². The Morgan fingerprint density at radius 1 is 1.29 bits per heavy atom. The summed E-state index contributed by atoms with van der Waals surface area (Å²) in [5.41, 5.74) is 7.90. The zero-order valence-corrected chi connectivity index (χ0v) is 12.7. The van der Waals surface area contributed by atoms with E-state index in [1.165, 1.54) is 4.90 Å². The predicted molar refractivity (Wildman–Crippen MR) is 86.0 cm³/mol. The summed E-state index contributed by atoms with van der Waals surface area (Å²) in [5.74, 6) is 0.655. The first kappa shape index (κ1) is 15.2. The molecule has 0 spiro atoms. The van der Waals surface area contributed by atoms with Crippen molar-refractivity contribution in [3.63, 3.8) is 0 Å². The van der Waals surface area contributed by atoms with Gasteiger partial charge in [0.05, 0.1) is 24.9 Å². The Kier molecular flexibility index (Phi) is 4.70. The van der Waals surface area contributed by atoms with Crippen molar-refractivity contribution in [2.24, 2.45) is 0 Å². The monoisotopic (exact) mass is 304 g/mol. The minimum Gasteiger partial charge on any atom is -0.497 e. The van der Waals surface area contributed by atoms with Gasteiger partial charge in [0.15, 0.2) is 0 Å². The van der Waals surface area contributed by atoms with Crippen molar-refractivity contribution in [2.75, 3.05) is 24.8 Å². The molecule has 2 N–H and O–H groups in total. The van der Waals surface area contributed by atoms with Gasteiger partial charge in [0, 0.05) is 12.1 Å². The summed E-state index contributed by atoms with van der Waals surface area (Å²) in [6, 6.07) is 12.5. The molecule has 2 aromatic rings. The highest BCUT2D eigenvalue weighted by atomic mass is 35.5. The number of anilines is 2. The minimum absolute atomic E-state index is 0.0720. The molecule has 110 valence electrons. The molecule has 21 heavy (non-hydrogen) atoms. The third-order valence-electron chi connectivity index (χ3n) is 3.22. The van der Waals surface area contributed by atoms with Gasteiger partial charge in [0.25, 0.3) is 0 Å². The summed E-state index contributed by atoms with van der Waals surface area (Å²) in [6.45, 7) is 0. The van der Waals surface area contributed by atoms with Gasteiger partial charge in [-0.25, -0.2) is 0 Å². The van der Waals surface area contributed by atoms with Gasteiger partial charge >= 0.3 is 0 Å². The Hall–Kier alpha value is -2.20. The molecule has 2 rings (SSSR count). The second-order valence-electron chi connectivity index (χ2n) is 4.68. The molecule has 0 aromatic heterocycles. The van der Waals surface area contributed by atoms with E-state index in [0.29, 0.717) is 16.4 Å². The quantitative estimate of drug-likeness (QED) is 0.883. The summed E-state index contributed by atoms with van der Waals surface area (Å²) in [6.07, 6.45) is 0.264. The second-order valence-corrected chi connectivity index (χ2v) is 5.12. The SMILES string of the molecule is COc1cccc(CC(=O)N(C)c2cc(Cl)ccc2N)c1. The van der Waals surface area contributed by atoms with Crippen LogP contribution in [0.3, 0.4) is 0 Å². The van der Waals surface area contributed by atoms with Crippen molar-refractivity contribution < 1.29 is 9.53 Å². The molecule has 0 fully saturated rings. The molecule has 0 radical (unpaired) electrons. The molecule has 0 atom stereocenters. The number of amides is 1. The molecule has 0 aliphatic heterocycles. The standard InChI is InChI=1S/C16H17ClN2O2/c1-19(15-10-12(17)6-7-14(15)18)16(20)9-11-4-3-5-13(8-11)21-2/h3-8,10H,9,18H2,1-2H3. The molecule has 0 aliphatic rings. The maximum atomic E-state index is 12.4. The number of benzene rings is 2. The number of nitrogen functional groups attached to an aromatic ring is 1. The highest BCUT2D eigenvalue weighted by Crippen LogP contribution is 2.26. The molecule has 4 nitrogen and oxygen atoms in total. The lowest BCUT2D eigenvalue weighted by Gasteiger charge is -2.19. The lowest BCUT2D eigenvalue weighted by molar-refractivity contribution is -0.117. The molecule has 0 unspecified atom stereocenters. The summed E-state index contributed by atoms with van der Waals surface area (Å²) in [4.78, 5) is 13.9. The molecule has 2 aromatic carbocycles. The molecule has 0 bridgehead atoms. The smallest absolute Gasteiger partial charge is 0.231 e. The van der Waals surface area contributed by atoms with E-state index in [0.717, 1.165) is 11.3 Å². The summed E-state index contributed by atoms with van der Waals surface area (Å²) in [7, 11) is 3.28. The molecule has 5 heteroatoms. The number of halogens is 1. The fourth-order valence-corrected chi connectivity index (χ4v) is 2.18. The van der Waals surface area contributed by atoms with Crippen molar-refractivity contribution in [2.45, 2.75) is 6.42 Å². The molecule has 0 saturated heterocycles. The van der Waals surface area contributed by atoms with Gasteiger partial charge in [-0.15, -0.1) is 0 Å². The first-order valence-corrected chi connectivity index (χ1v) is 6.83. The van der Waals surface area contributed by atoms with E-state index in [2.05, 4.69) is 0 Å². The van der Waals surface area contributed by atoms with Gasteiger partial charge in [-0.3, -0.25) is 4.79 Å². The average Bonchev–Trinajstić information content (AvgIpc) is 2.49. The predicted octanol–water partition coefficient (Wildman–Crippen LogP) is 3.14. The topological polar surface area (TPSA) is 55.6 Å². The molecule has 0 aliphatic carbocycles. The lowest BCUT2D eigenvalue weighted by atomic mass is 10.1. The number of hydrogen-bond donors (Lipinski definition) is 1. The maximum Gasteiger partial charge on any atom is 0.231 e. The zero-order chi connectivity index (χ0) is 15.4. The van der Waals surface area contributed by atoms with Crippen LogP contribution in [-0.2, 0) is 11.2 Å². The highest BCUT2D eigenvalue weighted by molar-refractivity contribution is 6.31. The normalized spacial score (nSPS) is 10.2. The Balaban J connectivity index is 2.17. The molecular formula is C16H17ClN2O2. The number of carbonyl (C=O) groups excluding carboxylic acids is 1. The number of hydrogen-bond acceptors (Lipinski definition) is 3. The summed E-state index contributed by atoms with van der Waals surface area (Å²) < 4.78 is 5.15. The van der Waals surface area contributed by atoms with E-state index in [1.54, 1.807) is 32.4 Å². The van der Waals surface area contributed by atoms with Gasteiger partial charge in [-0.1, -0.05) is 23.7 Å². The average molecular weight is 305 g/mol. The third-order valence-corrected chi connectivity index (χ3v) is 3.45. The fourth-order valence-electron chi connectivity index (χ4n) is 2.02. The van der Waals surface area contributed by atoms with Crippen LogP contribution in [0.25, 0.3) is 0 Å². The Morgan fingerprint density at radius 3 is 2.76 bits per heavy atom. The van der Waals surface area contributed by atoms with E-state index in [-0.39, 0.29) is 12.3 Å². The number of ether oxygens (including phenoxy) is 1. The van der Waals surface area contributed by atoms with Crippen molar-refractivity contribution >= 4 is 28.9 Å². The lowest BCUT2D eigenvalue weighted by Crippen LogP contribution is -2.28. The number of rotatable bonds is 4. The zero-order valence-electron chi connectivity index (χ0n) is 12.0. The van der Waals surface area contributed by atoms with Crippen LogP contribution in [0.15, 0.2) is 42.5 Å². The van der Waals surface area contributed by atoms with Gasteiger partial charge < -0.3 is 15.4 Å². The minimum atomic E-state index is -0.0720. The summed E-state index contributed by atoms with van der Waals surface area (Å²) in [5, 5.41) is 0.542. The number of likely N-dealkylation sites (N-methyl/N-ethyl adjacent to an activating group) is 1. The van der Waals surface area contributed by atoms with Gasteiger partial charge in [0.1, 0.15) is 5.75 Å². The van der Waals surface area contributed by atoms with Crippen LogP contribution in [0.4, 0.5) is 11.4 Å². The second kappa shape index (κ2) is 6.50. The maximum absolute atomic E-state index is 12.4. The van der Waals surface area contributed by atoms with Crippen LogP contribution in [0, 0.1) is 0 Å². The fraction of sp³-hybridized carbons (Fsp3) is 0.188. The number of nitrogens with two attached hydrogens (primary N) is 1. The molecular weight excluding hydrogens is 288 g/mol. The first-order chi connectivity index (χ1) is 10.0. The number of methoxy groups -OCH3 is 1. The van der Waals surface area contributed by atoms with E-state index >= 15 is 0 Å². The largest absolute Gasteiger partial charge is 0.497 e. The van der Waals surface area contributed by atoms with Crippen LogP contribution in [0.1, 0.15) is 5.56 Å². The molecule has 0 heterocycles. The number of carbonyl (C=O) groups is 1. The van der Waals surface area contributed by atoms with E-state index in [4.69, 9.17) is 22.1 Å². The third kappa shape index (κ3) is 3.67. The van der Waals surface area contributed by atoms with E-state index < -0.39 is 0 Å². The molecule has 0 saturated carbocycles. The van der Waals surface area contributed by atoms with Crippen LogP contribution in [-0.4, -0.2) is 20.1 Å². The Labute approximate surface area is 129 Å². The van der Waals surface area contributed by atoms with Gasteiger partial charge in [-0.05, 0) is 35.9 Å². The van der Waals surface area contributed by atoms with Crippen molar-refractivity contribution in [1.82, 2.24) is 0 Å². The van der Waals surface area contributed by atoms with Crippen molar-refractivity contribution in [1.29, 1.82) is 0 Å². The van der Waals surface area contributed by atoms with Crippen LogP contribution in [0.5, 0.6) is 5.75 Å². The Morgan fingerprint density at radius 2 is 2.05 bits per heavy atom. The van der Waals surface area contributed by atoms with E-state index in [1.807, 2.05) is 24.3 Å². The van der Waals surface area contributed by atoms with Crippen LogP contribution in [0.2, 0.25) is 5.02 Å².